The molecule has 2 N–H and O–H groups in total. The predicted molar refractivity (Wildman–Crippen MR) is 110 cm³/mol. The van der Waals surface area contributed by atoms with Crippen LogP contribution in [0.25, 0.3) is 11.3 Å². The van der Waals surface area contributed by atoms with E-state index in [0.717, 1.165) is 5.56 Å². The van der Waals surface area contributed by atoms with Crippen LogP contribution >= 0.6 is 34.8 Å². The van der Waals surface area contributed by atoms with Gasteiger partial charge in [0.05, 0.1) is 32.6 Å². The topological polar surface area (TPSA) is 76.9 Å². The first kappa shape index (κ1) is 18.9. The Labute approximate surface area is 176 Å². The van der Waals surface area contributed by atoms with Crippen LogP contribution in [0, 0.1) is 18.3 Å². The second-order valence-corrected chi connectivity index (χ2v) is 7.47. The molecule has 0 spiro atoms. The molecule has 0 fully saturated rings. The van der Waals surface area contributed by atoms with Crippen LogP contribution in [0.1, 0.15) is 16.8 Å². The van der Waals surface area contributed by atoms with Crippen molar-refractivity contribution in [2.24, 2.45) is 5.73 Å². The Morgan fingerprint density at radius 3 is 2.46 bits per heavy atom. The van der Waals surface area contributed by atoms with Crippen LogP contribution in [-0.4, -0.2) is 16.0 Å². The van der Waals surface area contributed by atoms with Crippen molar-refractivity contribution in [2.45, 2.75) is 13.2 Å². The Balaban J connectivity index is 1.97. The second-order valence-electron chi connectivity index (χ2n) is 6.22. The Hall–Kier alpha value is -2.49. The van der Waals surface area contributed by atoms with Gasteiger partial charge in [-0.15, -0.1) is 0 Å². The summed E-state index contributed by atoms with van der Waals surface area (Å²) in [4.78, 5) is 0. The summed E-state index contributed by atoms with van der Waals surface area (Å²) in [7, 11) is 0. The number of hydrogen-bond donors (Lipinski definition) is 1. The van der Waals surface area contributed by atoms with Crippen molar-refractivity contribution in [2.75, 3.05) is 0 Å². The number of benzene rings is 2. The number of hydrogen-bond acceptors (Lipinski definition) is 4. The van der Waals surface area contributed by atoms with E-state index in [1.165, 1.54) is 0 Å². The number of fused-ring (bicyclic) bond motifs is 1. The number of halogens is 3. The van der Waals surface area contributed by atoms with Crippen LogP contribution < -0.4 is 10.5 Å². The van der Waals surface area contributed by atoms with Crippen molar-refractivity contribution in [3.05, 3.63) is 79.9 Å². The minimum atomic E-state index is -0.930. The van der Waals surface area contributed by atoms with Crippen molar-refractivity contribution in [3.63, 3.8) is 0 Å². The molecular formula is C20H13Cl3N4O. The van der Waals surface area contributed by atoms with Crippen LogP contribution in [0.3, 0.4) is 0 Å². The number of nitriles is 1. The molecule has 3 aromatic rings. The molecule has 1 aliphatic rings. The molecule has 1 unspecified atom stereocenters. The summed E-state index contributed by atoms with van der Waals surface area (Å²) < 4.78 is 7.49. The van der Waals surface area contributed by atoms with Crippen molar-refractivity contribution >= 4 is 40.4 Å². The standard InChI is InChI=1S/C20H13Cl3N4O/c1-10-17-18(11-2-4-12(21)5-3-11)14(9-24)19(25)28-20(17)27(26-10)13-6-7-15(22)16(23)8-13/h2-8,19H,25H2,1H3. The van der Waals surface area contributed by atoms with Gasteiger partial charge in [0, 0.05) is 10.6 Å². The van der Waals surface area contributed by atoms with Crippen LogP contribution in [0.4, 0.5) is 0 Å². The summed E-state index contributed by atoms with van der Waals surface area (Å²) in [6, 6.07) is 14.5. The Bertz CT molecular complexity index is 1160. The molecule has 4 rings (SSSR count). The zero-order valence-electron chi connectivity index (χ0n) is 14.6. The highest BCUT2D eigenvalue weighted by atomic mass is 35.5. The molecule has 28 heavy (non-hydrogen) atoms. The molecule has 1 aromatic heterocycles. The Morgan fingerprint density at radius 1 is 1.11 bits per heavy atom. The third-order valence-corrected chi connectivity index (χ3v) is 5.45. The zero-order chi connectivity index (χ0) is 20.0. The maximum absolute atomic E-state index is 9.70. The third-order valence-electron chi connectivity index (χ3n) is 4.46. The van der Waals surface area contributed by atoms with E-state index in [-0.39, 0.29) is 0 Å². The van der Waals surface area contributed by atoms with Crippen molar-refractivity contribution in [3.8, 4) is 17.6 Å². The first-order valence-corrected chi connectivity index (χ1v) is 9.42. The molecule has 8 heteroatoms. The van der Waals surface area contributed by atoms with E-state index >= 15 is 0 Å². The normalized spacial score (nSPS) is 15.8. The van der Waals surface area contributed by atoms with Gasteiger partial charge in [0.2, 0.25) is 5.88 Å². The molecular weight excluding hydrogens is 419 g/mol. The van der Waals surface area contributed by atoms with Crippen molar-refractivity contribution in [1.29, 1.82) is 5.26 Å². The van der Waals surface area contributed by atoms with Crippen LogP contribution in [0.2, 0.25) is 15.1 Å². The van der Waals surface area contributed by atoms with E-state index in [9.17, 15) is 5.26 Å². The van der Waals surface area contributed by atoms with Crippen molar-refractivity contribution < 1.29 is 4.74 Å². The molecule has 0 saturated heterocycles. The van der Waals surface area contributed by atoms with Crippen LogP contribution in [0.15, 0.2) is 48.0 Å². The highest BCUT2D eigenvalue weighted by Crippen LogP contribution is 2.42. The molecule has 0 aliphatic carbocycles. The van der Waals surface area contributed by atoms with E-state index in [2.05, 4.69) is 11.2 Å². The largest absolute Gasteiger partial charge is 0.453 e. The maximum atomic E-state index is 9.70. The lowest BCUT2D eigenvalue weighted by Gasteiger charge is -2.25. The first-order chi connectivity index (χ1) is 13.4. The molecule has 0 radical (unpaired) electrons. The SMILES string of the molecule is Cc1nn(-c2ccc(Cl)c(Cl)c2)c2c1C(c1ccc(Cl)cc1)=C(C#N)C(N)O2. The molecule has 0 amide bonds. The molecule has 0 bridgehead atoms. The average Bonchev–Trinajstić information content (AvgIpc) is 2.99. The fourth-order valence-corrected chi connectivity index (χ4v) is 3.60. The van der Waals surface area contributed by atoms with E-state index in [1.54, 1.807) is 35.0 Å². The fraction of sp³-hybridized carbons (Fsp3) is 0.100. The zero-order valence-corrected chi connectivity index (χ0v) is 16.8. The summed E-state index contributed by atoms with van der Waals surface area (Å²) in [6.45, 7) is 1.85. The molecule has 140 valence electrons. The van der Waals surface area contributed by atoms with Gasteiger partial charge in [0.25, 0.3) is 0 Å². The minimum absolute atomic E-state index is 0.326. The number of nitrogens with two attached hydrogens (primary N) is 1. The number of aryl methyl sites for hydroxylation is 1. The second kappa shape index (κ2) is 7.16. The molecule has 2 heterocycles. The van der Waals surface area contributed by atoms with Gasteiger partial charge in [-0.3, -0.25) is 5.73 Å². The number of ether oxygens (including phenoxy) is 1. The van der Waals surface area contributed by atoms with E-state index in [1.807, 2.05) is 19.1 Å². The van der Waals surface area contributed by atoms with Gasteiger partial charge >= 0.3 is 0 Å². The molecule has 5 nitrogen and oxygen atoms in total. The van der Waals surface area contributed by atoms with E-state index in [4.69, 9.17) is 45.3 Å². The predicted octanol–water partition coefficient (Wildman–Crippen LogP) is 5.14. The van der Waals surface area contributed by atoms with Crippen LogP contribution in [-0.2, 0) is 0 Å². The Kier molecular flexibility index (Phi) is 4.82. The minimum Gasteiger partial charge on any atom is -0.453 e. The van der Waals surface area contributed by atoms with E-state index < -0.39 is 6.23 Å². The quantitative estimate of drug-likeness (QED) is 0.609. The van der Waals surface area contributed by atoms with Gasteiger partial charge in [0.1, 0.15) is 6.07 Å². The lowest BCUT2D eigenvalue weighted by molar-refractivity contribution is 0.228. The summed E-state index contributed by atoms with van der Waals surface area (Å²) in [5, 5.41) is 15.7. The average molecular weight is 432 g/mol. The number of aromatic nitrogens is 2. The van der Waals surface area contributed by atoms with Gasteiger partial charge < -0.3 is 4.74 Å². The maximum Gasteiger partial charge on any atom is 0.226 e. The summed E-state index contributed by atoms with van der Waals surface area (Å²) >= 11 is 18.2. The van der Waals surface area contributed by atoms with Gasteiger partial charge in [-0.1, -0.05) is 46.9 Å². The van der Waals surface area contributed by atoms with Gasteiger partial charge in [-0.2, -0.15) is 10.4 Å². The number of rotatable bonds is 2. The first-order valence-electron chi connectivity index (χ1n) is 8.28. The lowest BCUT2D eigenvalue weighted by atomic mass is 9.91. The Morgan fingerprint density at radius 2 is 1.82 bits per heavy atom. The highest BCUT2D eigenvalue weighted by Gasteiger charge is 2.33. The summed E-state index contributed by atoms with van der Waals surface area (Å²) in [5.74, 6) is 0.437. The molecule has 2 aromatic carbocycles. The molecule has 1 atom stereocenters. The fourth-order valence-electron chi connectivity index (χ4n) is 3.19. The smallest absolute Gasteiger partial charge is 0.226 e. The molecule has 0 saturated carbocycles. The summed E-state index contributed by atoms with van der Waals surface area (Å²) in [6.07, 6.45) is -0.930. The summed E-state index contributed by atoms with van der Waals surface area (Å²) in [5.41, 5.74) is 10.0. The molecule has 1 aliphatic heterocycles. The van der Waals surface area contributed by atoms with Crippen LogP contribution in [0.5, 0.6) is 5.88 Å². The van der Waals surface area contributed by atoms with E-state index in [0.29, 0.717) is 49.0 Å². The number of nitrogens with zero attached hydrogens (tertiary/aromatic N) is 3. The van der Waals surface area contributed by atoms with Gasteiger partial charge in [-0.05, 0) is 42.8 Å². The van der Waals surface area contributed by atoms with Gasteiger partial charge in [0.15, 0.2) is 6.23 Å². The monoisotopic (exact) mass is 430 g/mol. The van der Waals surface area contributed by atoms with Gasteiger partial charge in [-0.25, -0.2) is 4.68 Å². The van der Waals surface area contributed by atoms with Crippen molar-refractivity contribution in [1.82, 2.24) is 9.78 Å². The lowest BCUT2D eigenvalue weighted by Crippen LogP contribution is -2.33. The third kappa shape index (κ3) is 3.05. The highest BCUT2D eigenvalue weighted by molar-refractivity contribution is 6.42.